The molecule has 0 radical (unpaired) electrons. The Balaban J connectivity index is 2.42. The van der Waals surface area contributed by atoms with Crippen LogP contribution >= 0.6 is 0 Å². The van der Waals surface area contributed by atoms with E-state index in [0.717, 1.165) is 0 Å². The van der Waals surface area contributed by atoms with Gasteiger partial charge in [-0.1, -0.05) is 6.07 Å². The van der Waals surface area contributed by atoms with Gasteiger partial charge in [-0.25, -0.2) is 9.18 Å². The maximum atomic E-state index is 14.3. The van der Waals surface area contributed by atoms with Crippen molar-refractivity contribution in [3.8, 4) is 5.75 Å². The number of β-amino-alcohol motifs (C(OH)–C–C–N with tert-alkyl or cyclic N) is 1. The zero-order valence-electron chi connectivity index (χ0n) is 14.3. The molecule has 0 atom stereocenters. The van der Waals surface area contributed by atoms with Crippen molar-refractivity contribution in [2.45, 2.75) is 20.0 Å². The lowest BCUT2D eigenvalue weighted by molar-refractivity contribution is -0.136. The first-order valence-electron chi connectivity index (χ1n) is 7.82. The van der Waals surface area contributed by atoms with Gasteiger partial charge in [-0.3, -0.25) is 4.79 Å². The molecule has 136 valence electrons. The number of halogens is 1. The van der Waals surface area contributed by atoms with Gasteiger partial charge in [-0.2, -0.15) is 0 Å². The number of carbonyl (C=O) groups is 2. The van der Waals surface area contributed by atoms with Crippen LogP contribution in [0.3, 0.4) is 0 Å². The number of para-hydroxylation sites is 1. The molecule has 0 saturated carbocycles. The van der Waals surface area contributed by atoms with Crippen molar-refractivity contribution >= 4 is 17.6 Å². The fraction of sp³-hybridized carbons (Fsp3) is 0.412. The van der Waals surface area contributed by atoms with E-state index in [4.69, 9.17) is 14.6 Å². The fourth-order valence-corrected chi connectivity index (χ4v) is 2.45. The van der Waals surface area contributed by atoms with Gasteiger partial charge in [0, 0.05) is 6.54 Å². The lowest BCUT2D eigenvalue weighted by Crippen LogP contribution is -2.31. The van der Waals surface area contributed by atoms with Crippen LogP contribution in [0.15, 0.2) is 29.5 Å². The number of rotatable bonds is 7. The molecule has 7 nitrogen and oxygen atoms in total. The molecule has 25 heavy (non-hydrogen) atoms. The molecule has 1 heterocycles. The quantitative estimate of drug-likeness (QED) is 0.719. The van der Waals surface area contributed by atoms with Gasteiger partial charge in [0.05, 0.1) is 31.9 Å². The number of nitrogens with one attached hydrogen (secondary N) is 1. The number of ether oxygens (including phenoxy) is 2. The summed E-state index contributed by atoms with van der Waals surface area (Å²) >= 11 is 0. The van der Waals surface area contributed by atoms with Crippen LogP contribution in [-0.2, 0) is 14.3 Å². The highest BCUT2D eigenvalue weighted by molar-refractivity contribution is 6.08. The largest absolute Gasteiger partial charge is 0.489 e. The molecule has 1 aromatic carbocycles. The van der Waals surface area contributed by atoms with E-state index in [2.05, 4.69) is 5.32 Å². The number of esters is 1. The third-order valence-corrected chi connectivity index (χ3v) is 3.54. The summed E-state index contributed by atoms with van der Waals surface area (Å²) in [5.41, 5.74) is -0.0505. The first kappa shape index (κ1) is 18.7. The molecule has 0 aromatic heterocycles. The Labute approximate surface area is 145 Å². The molecule has 2 rings (SSSR count). The van der Waals surface area contributed by atoms with Crippen molar-refractivity contribution in [2.75, 3.05) is 32.1 Å². The van der Waals surface area contributed by atoms with E-state index >= 15 is 0 Å². The van der Waals surface area contributed by atoms with E-state index in [9.17, 15) is 14.0 Å². The third kappa shape index (κ3) is 4.08. The van der Waals surface area contributed by atoms with Crippen LogP contribution in [0.25, 0.3) is 0 Å². The topological polar surface area (TPSA) is 88.1 Å². The first-order valence-corrected chi connectivity index (χ1v) is 7.82. The summed E-state index contributed by atoms with van der Waals surface area (Å²) < 4.78 is 24.6. The minimum atomic E-state index is -0.695. The lowest BCUT2D eigenvalue weighted by Gasteiger charge is -2.18. The highest BCUT2D eigenvalue weighted by atomic mass is 19.1. The Bertz CT molecular complexity index is 702. The van der Waals surface area contributed by atoms with Crippen molar-refractivity contribution in [1.82, 2.24) is 4.90 Å². The molecule has 1 aliphatic rings. The highest BCUT2D eigenvalue weighted by Gasteiger charge is 2.35. The Morgan fingerprint density at radius 1 is 1.44 bits per heavy atom. The number of benzene rings is 1. The number of anilines is 1. The Morgan fingerprint density at radius 3 is 2.76 bits per heavy atom. The van der Waals surface area contributed by atoms with E-state index in [1.807, 2.05) is 0 Å². The van der Waals surface area contributed by atoms with Crippen LogP contribution in [0.2, 0.25) is 0 Å². The van der Waals surface area contributed by atoms with Crippen molar-refractivity contribution in [3.05, 3.63) is 35.3 Å². The molecule has 0 fully saturated rings. The first-order chi connectivity index (χ1) is 11.9. The maximum absolute atomic E-state index is 14.3. The number of aliphatic hydroxyl groups is 1. The van der Waals surface area contributed by atoms with Gasteiger partial charge in [0.1, 0.15) is 23.0 Å². The molecule has 0 unspecified atom stereocenters. The number of methoxy groups -OCH3 is 1. The summed E-state index contributed by atoms with van der Waals surface area (Å²) in [4.78, 5) is 25.7. The number of aliphatic hydroxyl groups excluding tert-OH is 1. The zero-order valence-corrected chi connectivity index (χ0v) is 14.3. The number of hydrogen-bond donors (Lipinski definition) is 2. The third-order valence-electron chi connectivity index (χ3n) is 3.54. The van der Waals surface area contributed by atoms with Crippen LogP contribution in [0.1, 0.15) is 13.8 Å². The second-order valence-corrected chi connectivity index (χ2v) is 5.70. The summed E-state index contributed by atoms with van der Waals surface area (Å²) in [5.74, 6) is -1.62. The van der Waals surface area contributed by atoms with Crippen LogP contribution in [0.4, 0.5) is 10.1 Å². The van der Waals surface area contributed by atoms with E-state index in [1.165, 1.54) is 24.1 Å². The molecule has 0 saturated heterocycles. The van der Waals surface area contributed by atoms with Crippen molar-refractivity contribution < 1.29 is 28.6 Å². The molecule has 0 spiro atoms. The SMILES string of the molecule is COC(=O)C1=C(Nc2c(F)cccc2OC(C)C)C(=O)N(CCO)C1. The van der Waals surface area contributed by atoms with Crippen LogP contribution in [0, 0.1) is 5.82 Å². The number of hydrogen-bond acceptors (Lipinski definition) is 6. The Hall–Kier alpha value is -2.61. The van der Waals surface area contributed by atoms with E-state index in [0.29, 0.717) is 0 Å². The predicted octanol–water partition coefficient (Wildman–Crippen LogP) is 1.29. The van der Waals surface area contributed by atoms with Gasteiger partial charge in [-0.05, 0) is 26.0 Å². The summed E-state index contributed by atoms with van der Waals surface area (Å²) in [5, 5.41) is 11.8. The maximum Gasteiger partial charge on any atom is 0.337 e. The van der Waals surface area contributed by atoms with E-state index in [-0.39, 0.29) is 48.5 Å². The normalized spacial score (nSPS) is 14.3. The fourth-order valence-electron chi connectivity index (χ4n) is 2.45. The smallest absolute Gasteiger partial charge is 0.337 e. The minimum absolute atomic E-state index is 0.0246. The molecule has 1 aromatic rings. The summed E-state index contributed by atoms with van der Waals surface area (Å²) in [6.07, 6.45) is -0.207. The van der Waals surface area contributed by atoms with E-state index < -0.39 is 17.7 Å². The van der Waals surface area contributed by atoms with Gasteiger partial charge in [0.15, 0.2) is 0 Å². The van der Waals surface area contributed by atoms with Crippen LogP contribution < -0.4 is 10.1 Å². The average Bonchev–Trinajstić information content (AvgIpc) is 2.86. The summed E-state index contributed by atoms with van der Waals surface area (Å²) in [6, 6.07) is 4.27. The van der Waals surface area contributed by atoms with Crippen molar-refractivity contribution in [2.24, 2.45) is 0 Å². The lowest BCUT2D eigenvalue weighted by atomic mass is 10.2. The van der Waals surface area contributed by atoms with E-state index in [1.54, 1.807) is 19.9 Å². The molecular weight excluding hydrogens is 331 g/mol. The summed E-state index contributed by atoms with van der Waals surface area (Å²) in [7, 11) is 1.20. The number of amides is 1. The molecular formula is C17H21FN2O5. The van der Waals surface area contributed by atoms with Gasteiger partial charge in [0.25, 0.3) is 5.91 Å². The highest BCUT2D eigenvalue weighted by Crippen LogP contribution is 2.32. The zero-order chi connectivity index (χ0) is 18.6. The molecule has 0 aliphatic carbocycles. The molecule has 1 amide bonds. The second-order valence-electron chi connectivity index (χ2n) is 5.70. The second kappa shape index (κ2) is 7.98. The van der Waals surface area contributed by atoms with Crippen molar-refractivity contribution in [3.63, 3.8) is 0 Å². The Morgan fingerprint density at radius 2 is 2.16 bits per heavy atom. The minimum Gasteiger partial charge on any atom is -0.489 e. The standard InChI is InChI=1S/C17H21FN2O5/c1-10(2)25-13-6-4-5-12(18)15(13)19-14-11(17(23)24-3)9-20(7-8-21)16(14)22/h4-6,10,19,21H,7-9H2,1-3H3. The number of carbonyl (C=O) groups excluding carboxylic acids is 2. The van der Waals surface area contributed by atoms with Crippen molar-refractivity contribution in [1.29, 1.82) is 0 Å². The van der Waals surface area contributed by atoms with Gasteiger partial charge in [0.2, 0.25) is 0 Å². The van der Waals surface area contributed by atoms with Gasteiger partial charge >= 0.3 is 5.97 Å². The summed E-state index contributed by atoms with van der Waals surface area (Å²) in [6.45, 7) is 3.35. The number of nitrogens with zero attached hydrogens (tertiary/aromatic N) is 1. The molecule has 1 aliphatic heterocycles. The average molecular weight is 352 g/mol. The molecule has 8 heteroatoms. The van der Waals surface area contributed by atoms with Gasteiger partial charge < -0.3 is 24.8 Å². The Kier molecular flexibility index (Phi) is 5.97. The molecule has 0 bridgehead atoms. The van der Waals surface area contributed by atoms with Crippen LogP contribution in [0.5, 0.6) is 5.75 Å². The molecule has 2 N–H and O–H groups in total. The predicted molar refractivity (Wildman–Crippen MR) is 88.5 cm³/mol. The van der Waals surface area contributed by atoms with Gasteiger partial charge in [-0.15, -0.1) is 0 Å². The monoisotopic (exact) mass is 352 g/mol. The van der Waals surface area contributed by atoms with Crippen LogP contribution in [-0.4, -0.2) is 54.8 Å².